The summed E-state index contributed by atoms with van der Waals surface area (Å²) in [6, 6.07) is 2.05. The van der Waals surface area contributed by atoms with Gasteiger partial charge in [0.25, 0.3) is 0 Å². The Hall–Kier alpha value is -1.48. The topological polar surface area (TPSA) is 79.4 Å². The first-order valence-corrected chi connectivity index (χ1v) is 4.21. The van der Waals surface area contributed by atoms with Crippen molar-refractivity contribution in [2.45, 2.75) is 26.4 Å². The molecule has 0 amide bonds. The average molecular weight is 180 g/mol. The molecule has 0 unspecified atom stereocenters. The van der Waals surface area contributed by atoms with Gasteiger partial charge in [0.05, 0.1) is 25.6 Å². The van der Waals surface area contributed by atoms with Crippen molar-refractivity contribution in [2.75, 3.05) is 6.54 Å². The van der Waals surface area contributed by atoms with E-state index in [1.807, 2.05) is 6.92 Å². The Morgan fingerprint density at radius 2 is 2.46 bits per heavy atom. The van der Waals surface area contributed by atoms with Gasteiger partial charge in [-0.25, -0.2) is 4.68 Å². The van der Waals surface area contributed by atoms with E-state index < -0.39 is 0 Å². The molecule has 0 atom stereocenters. The first kappa shape index (κ1) is 9.61. The maximum absolute atomic E-state index is 8.38. The van der Waals surface area contributed by atoms with E-state index in [4.69, 9.17) is 5.26 Å². The van der Waals surface area contributed by atoms with E-state index in [1.165, 1.54) is 0 Å². The monoisotopic (exact) mass is 180 g/mol. The number of hydrogen-bond donors (Lipinski definition) is 1. The molecule has 1 rings (SSSR count). The Balaban J connectivity index is 2.51. The van der Waals surface area contributed by atoms with Crippen LogP contribution in [-0.4, -0.2) is 26.8 Å². The van der Waals surface area contributed by atoms with Crippen molar-refractivity contribution in [3.63, 3.8) is 0 Å². The summed E-state index contributed by atoms with van der Waals surface area (Å²) in [5.41, 5.74) is 0. The Morgan fingerprint density at radius 1 is 1.62 bits per heavy atom. The van der Waals surface area contributed by atoms with E-state index in [0.29, 0.717) is 19.5 Å². The third-order valence-electron chi connectivity index (χ3n) is 1.57. The first-order chi connectivity index (χ1) is 6.38. The van der Waals surface area contributed by atoms with Crippen LogP contribution in [0.5, 0.6) is 0 Å². The van der Waals surface area contributed by atoms with Crippen molar-refractivity contribution in [1.29, 1.82) is 5.26 Å². The predicted octanol–water partition coefficient (Wildman–Crippen LogP) is -0.304. The zero-order valence-electron chi connectivity index (χ0n) is 7.56. The van der Waals surface area contributed by atoms with Crippen molar-refractivity contribution in [3.05, 3.63) is 5.82 Å². The molecule has 0 aromatic carbocycles. The van der Waals surface area contributed by atoms with Gasteiger partial charge >= 0.3 is 0 Å². The molecule has 6 heteroatoms. The lowest BCUT2D eigenvalue weighted by atomic mass is 10.4. The molecule has 6 nitrogen and oxygen atoms in total. The zero-order chi connectivity index (χ0) is 9.52. The van der Waals surface area contributed by atoms with Crippen molar-refractivity contribution in [2.24, 2.45) is 0 Å². The summed E-state index contributed by atoms with van der Waals surface area (Å²) >= 11 is 0. The minimum absolute atomic E-state index is 0.435. The van der Waals surface area contributed by atoms with Gasteiger partial charge in [0.1, 0.15) is 0 Å². The molecule has 0 saturated carbocycles. The van der Waals surface area contributed by atoms with Crippen molar-refractivity contribution in [1.82, 2.24) is 25.5 Å². The first-order valence-electron chi connectivity index (χ1n) is 4.21. The molecule has 0 bridgehead atoms. The van der Waals surface area contributed by atoms with Crippen LogP contribution < -0.4 is 5.32 Å². The van der Waals surface area contributed by atoms with Crippen LogP contribution in [0, 0.1) is 11.3 Å². The van der Waals surface area contributed by atoms with Crippen molar-refractivity contribution >= 4 is 0 Å². The molecular weight excluding hydrogens is 168 g/mol. The van der Waals surface area contributed by atoms with E-state index in [-0.39, 0.29) is 0 Å². The third kappa shape index (κ3) is 2.80. The third-order valence-corrected chi connectivity index (χ3v) is 1.57. The van der Waals surface area contributed by atoms with Crippen LogP contribution in [-0.2, 0) is 13.1 Å². The Kier molecular flexibility index (Phi) is 3.85. The van der Waals surface area contributed by atoms with E-state index in [1.54, 1.807) is 4.68 Å². The molecule has 70 valence electrons. The molecule has 0 aliphatic carbocycles. The largest absolute Gasteiger partial charge is 0.310 e. The number of aryl methyl sites for hydroxylation is 1. The van der Waals surface area contributed by atoms with Crippen molar-refractivity contribution < 1.29 is 0 Å². The van der Waals surface area contributed by atoms with Gasteiger partial charge in [0, 0.05) is 0 Å². The lowest BCUT2D eigenvalue weighted by Gasteiger charge is -2.01. The Labute approximate surface area is 76.5 Å². The summed E-state index contributed by atoms with van der Waals surface area (Å²) in [5, 5.41) is 22.7. The smallest absolute Gasteiger partial charge is 0.165 e. The van der Waals surface area contributed by atoms with Crippen LogP contribution in [0.4, 0.5) is 0 Å². The van der Waals surface area contributed by atoms with Gasteiger partial charge in [-0.1, -0.05) is 6.92 Å². The second-order valence-electron chi connectivity index (χ2n) is 2.51. The molecular formula is C7H12N6. The molecule has 0 spiro atoms. The van der Waals surface area contributed by atoms with Gasteiger partial charge in [0.2, 0.25) is 0 Å². The molecule has 1 aromatic rings. The van der Waals surface area contributed by atoms with E-state index >= 15 is 0 Å². The highest BCUT2D eigenvalue weighted by Crippen LogP contribution is 1.92. The molecule has 1 N–H and O–H groups in total. The summed E-state index contributed by atoms with van der Waals surface area (Å²) in [6.07, 6.45) is 0.435. The van der Waals surface area contributed by atoms with Gasteiger partial charge in [-0.15, -0.1) is 5.10 Å². The van der Waals surface area contributed by atoms with Crippen LogP contribution in [0.1, 0.15) is 19.2 Å². The lowest BCUT2D eigenvalue weighted by Crippen LogP contribution is -2.17. The highest BCUT2D eigenvalue weighted by Gasteiger charge is 2.03. The maximum atomic E-state index is 8.38. The molecule has 1 aromatic heterocycles. The van der Waals surface area contributed by atoms with E-state index in [0.717, 1.165) is 12.4 Å². The van der Waals surface area contributed by atoms with Crippen LogP contribution >= 0.6 is 0 Å². The average Bonchev–Trinajstić information content (AvgIpc) is 2.59. The van der Waals surface area contributed by atoms with E-state index in [2.05, 4.69) is 26.9 Å². The molecule has 0 saturated heterocycles. The number of nitriles is 1. The highest BCUT2D eigenvalue weighted by molar-refractivity contribution is 4.81. The van der Waals surface area contributed by atoms with Crippen LogP contribution in [0.3, 0.4) is 0 Å². The summed E-state index contributed by atoms with van der Waals surface area (Å²) < 4.78 is 1.64. The summed E-state index contributed by atoms with van der Waals surface area (Å²) in [6.45, 7) is 4.10. The van der Waals surface area contributed by atoms with Crippen molar-refractivity contribution in [3.8, 4) is 6.07 Å². The number of hydrogen-bond acceptors (Lipinski definition) is 5. The quantitative estimate of drug-likeness (QED) is 0.672. The minimum Gasteiger partial charge on any atom is -0.310 e. The fraction of sp³-hybridized carbons (Fsp3) is 0.714. The number of nitrogens with one attached hydrogen (secondary N) is 1. The molecule has 0 aliphatic heterocycles. The fourth-order valence-electron chi connectivity index (χ4n) is 0.916. The SMILES string of the molecule is CCNCc1nnnn1CCC#N. The summed E-state index contributed by atoms with van der Waals surface area (Å²) in [4.78, 5) is 0. The van der Waals surface area contributed by atoms with Gasteiger partial charge in [-0.2, -0.15) is 5.26 Å². The van der Waals surface area contributed by atoms with Gasteiger partial charge in [-0.3, -0.25) is 0 Å². The van der Waals surface area contributed by atoms with Gasteiger partial charge < -0.3 is 5.32 Å². The summed E-state index contributed by atoms with van der Waals surface area (Å²) in [5.74, 6) is 0.775. The van der Waals surface area contributed by atoms with E-state index in [9.17, 15) is 0 Å². The molecule has 0 aliphatic rings. The van der Waals surface area contributed by atoms with Crippen LogP contribution in [0.15, 0.2) is 0 Å². The number of aromatic nitrogens is 4. The standard InChI is InChI=1S/C7H12N6/c1-2-9-6-7-10-11-12-13(7)5-3-4-8/h9H,2-3,5-6H2,1H3. The normalized spacial score (nSPS) is 9.85. The Bertz CT molecular complexity index is 285. The number of tetrazole rings is 1. The molecule has 13 heavy (non-hydrogen) atoms. The lowest BCUT2D eigenvalue weighted by molar-refractivity contribution is 0.553. The van der Waals surface area contributed by atoms with Gasteiger partial charge in [0.15, 0.2) is 5.82 Å². The zero-order valence-corrected chi connectivity index (χ0v) is 7.56. The Morgan fingerprint density at radius 3 is 3.15 bits per heavy atom. The summed E-state index contributed by atoms with van der Waals surface area (Å²) in [7, 11) is 0. The minimum atomic E-state index is 0.435. The fourth-order valence-corrected chi connectivity index (χ4v) is 0.916. The molecule has 0 fully saturated rings. The van der Waals surface area contributed by atoms with Gasteiger partial charge in [-0.05, 0) is 17.0 Å². The molecule has 0 radical (unpaired) electrons. The molecule has 1 heterocycles. The second-order valence-corrected chi connectivity index (χ2v) is 2.51. The maximum Gasteiger partial charge on any atom is 0.165 e. The number of nitrogens with zero attached hydrogens (tertiary/aromatic N) is 5. The van der Waals surface area contributed by atoms with Crippen LogP contribution in [0.25, 0.3) is 0 Å². The van der Waals surface area contributed by atoms with Crippen LogP contribution in [0.2, 0.25) is 0 Å². The number of rotatable bonds is 5. The second kappa shape index (κ2) is 5.22. The predicted molar refractivity (Wildman–Crippen MR) is 45.4 cm³/mol. The highest BCUT2D eigenvalue weighted by atomic mass is 15.5.